The van der Waals surface area contributed by atoms with Gasteiger partial charge >= 0.3 is 0 Å². The summed E-state index contributed by atoms with van der Waals surface area (Å²) in [5.74, 6) is 0.140. The van der Waals surface area contributed by atoms with Crippen LogP contribution >= 0.6 is 0 Å². The topological polar surface area (TPSA) is 47.3 Å². The molecule has 0 aliphatic rings. The summed E-state index contributed by atoms with van der Waals surface area (Å²) in [6.45, 7) is 5.72. The third-order valence-corrected chi connectivity index (χ3v) is 5.83. The summed E-state index contributed by atoms with van der Waals surface area (Å²) in [6, 6.07) is 10.4. The van der Waals surface area contributed by atoms with Crippen LogP contribution in [0, 0.1) is 12.7 Å². The number of rotatable bonds is 3. The van der Waals surface area contributed by atoms with E-state index in [1.54, 1.807) is 13.0 Å². The number of sulfone groups is 1. The molecule has 0 saturated carbocycles. The molecular weight excluding hydrogens is 315 g/mol. The molecule has 0 saturated heterocycles. The number of furan rings is 1. The Kier molecular flexibility index (Phi) is 3.76. The van der Waals surface area contributed by atoms with E-state index in [4.69, 9.17) is 4.42 Å². The number of fused-ring (bicyclic) bond motifs is 1. The van der Waals surface area contributed by atoms with E-state index in [2.05, 4.69) is 0 Å². The molecule has 0 aliphatic carbocycles. The summed E-state index contributed by atoms with van der Waals surface area (Å²) in [5.41, 5.74) is 1.57. The highest BCUT2D eigenvalue weighted by Gasteiger charge is 2.26. The van der Waals surface area contributed by atoms with E-state index in [9.17, 15) is 12.8 Å². The molecular formula is C18H17FO3S. The maximum absolute atomic E-state index is 13.1. The first-order chi connectivity index (χ1) is 10.8. The summed E-state index contributed by atoms with van der Waals surface area (Å²) in [7, 11) is -3.77. The van der Waals surface area contributed by atoms with Crippen LogP contribution in [-0.4, -0.2) is 8.42 Å². The summed E-state index contributed by atoms with van der Waals surface area (Å²) in [5, 5.41) is 0.568. The van der Waals surface area contributed by atoms with Crippen molar-refractivity contribution in [2.75, 3.05) is 0 Å². The molecule has 0 atom stereocenters. The molecule has 0 fully saturated rings. The first-order valence-electron chi connectivity index (χ1n) is 7.34. The van der Waals surface area contributed by atoms with E-state index in [1.807, 2.05) is 26.0 Å². The van der Waals surface area contributed by atoms with E-state index >= 15 is 0 Å². The van der Waals surface area contributed by atoms with E-state index < -0.39 is 15.7 Å². The highest BCUT2D eigenvalue weighted by molar-refractivity contribution is 7.91. The van der Waals surface area contributed by atoms with Gasteiger partial charge < -0.3 is 4.42 Å². The van der Waals surface area contributed by atoms with Crippen LogP contribution in [0.1, 0.15) is 31.1 Å². The molecule has 0 radical (unpaired) electrons. The van der Waals surface area contributed by atoms with E-state index in [-0.39, 0.29) is 15.7 Å². The van der Waals surface area contributed by atoms with Crippen molar-refractivity contribution >= 4 is 20.8 Å². The minimum atomic E-state index is -3.77. The third-order valence-electron chi connectivity index (χ3n) is 3.89. The largest absolute Gasteiger partial charge is 0.460 e. The molecule has 1 aromatic heterocycles. The Hall–Kier alpha value is -2.14. The Morgan fingerprint density at radius 1 is 1.04 bits per heavy atom. The second-order valence-electron chi connectivity index (χ2n) is 5.86. The molecule has 3 rings (SSSR count). The van der Waals surface area contributed by atoms with Crippen molar-refractivity contribution in [3.8, 4) is 0 Å². The van der Waals surface area contributed by atoms with Gasteiger partial charge in [0.15, 0.2) is 0 Å². The molecule has 5 heteroatoms. The predicted octanol–water partition coefficient (Wildman–Crippen LogP) is 4.84. The minimum Gasteiger partial charge on any atom is -0.460 e. The van der Waals surface area contributed by atoms with Gasteiger partial charge in [-0.2, -0.15) is 0 Å². The molecule has 0 unspecified atom stereocenters. The number of hydrogen-bond donors (Lipinski definition) is 0. The SMILES string of the molecule is Cc1oc2ccc(C(C)C)cc2c1S(=O)(=O)c1ccc(F)cc1. The van der Waals surface area contributed by atoms with Crippen LogP contribution in [0.25, 0.3) is 11.0 Å². The van der Waals surface area contributed by atoms with Crippen LogP contribution < -0.4 is 0 Å². The first kappa shape index (κ1) is 15.7. The Labute approximate surface area is 134 Å². The fourth-order valence-corrected chi connectivity index (χ4v) is 4.24. The van der Waals surface area contributed by atoms with E-state index in [0.29, 0.717) is 16.7 Å². The maximum Gasteiger partial charge on any atom is 0.210 e. The van der Waals surface area contributed by atoms with Crippen molar-refractivity contribution in [3.05, 3.63) is 59.6 Å². The van der Waals surface area contributed by atoms with Gasteiger partial charge in [0, 0.05) is 5.39 Å². The van der Waals surface area contributed by atoms with Crippen LogP contribution in [-0.2, 0) is 9.84 Å². The quantitative estimate of drug-likeness (QED) is 0.645. The average Bonchev–Trinajstić information content (AvgIpc) is 2.83. The maximum atomic E-state index is 13.1. The molecule has 0 bridgehead atoms. The van der Waals surface area contributed by atoms with Gasteiger partial charge in [0.05, 0.1) is 4.90 Å². The average molecular weight is 332 g/mol. The number of hydrogen-bond acceptors (Lipinski definition) is 3. The summed E-state index contributed by atoms with van der Waals surface area (Å²) < 4.78 is 44.6. The van der Waals surface area contributed by atoms with Gasteiger partial charge in [-0.15, -0.1) is 0 Å². The first-order valence-corrected chi connectivity index (χ1v) is 8.82. The summed E-state index contributed by atoms with van der Waals surface area (Å²) >= 11 is 0. The molecule has 0 N–H and O–H groups in total. The molecule has 23 heavy (non-hydrogen) atoms. The molecule has 0 spiro atoms. The predicted molar refractivity (Wildman–Crippen MR) is 86.9 cm³/mol. The lowest BCUT2D eigenvalue weighted by atomic mass is 10.0. The molecule has 0 amide bonds. The smallest absolute Gasteiger partial charge is 0.210 e. The van der Waals surface area contributed by atoms with Crippen molar-refractivity contribution in [2.24, 2.45) is 0 Å². The second-order valence-corrected chi connectivity index (χ2v) is 7.74. The van der Waals surface area contributed by atoms with E-state index in [0.717, 1.165) is 17.7 Å². The van der Waals surface area contributed by atoms with Crippen molar-refractivity contribution in [3.63, 3.8) is 0 Å². The highest BCUT2D eigenvalue weighted by Crippen LogP contribution is 2.35. The van der Waals surface area contributed by atoms with Gasteiger partial charge in [0.25, 0.3) is 0 Å². The lowest BCUT2D eigenvalue weighted by Crippen LogP contribution is -2.03. The highest BCUT2D eigenvalue weighted by atomic mass is 32.2. The van der Waals surface area contributed by atoms with Gasteiger partial charge in [-0.05, 0) is 54.8 Å². The zero-order valence-electron chi connectivity index (χ0n) is 13.1. The molecule has 2 aromatic carbocycles. The van der Waals surface area contributed by atoms with Crippen LogP contribution in [0.3, 0.4) is 0 Å². The number of halogens is 1. The summed E-state index contributed by atoms with van der Waals surface area (Å²) in [4.78, 5) is 0.209. The van der Waals surface area contributed by atoms with E-state index in [1.165, 1.54) is 12.1 Å². The molecule has 0 aliphatic heterocycles. The normalized spacial score (nSPS) is 12.2. The minimum absolute atomic E-state index is 0.0552. The van der Waals surface area contributed by atoms with Gasteiger partial charge in [-0.1, -0.05) is 19.9 Å². The van der Waals surface area contributed by atoms with Gasteiger partial charge in [0.2, 0.25) is 9.84 Å². The molecule has 3 aromatic rings. The lowest BCUT2D eigenvalue weighted by molar-refractivity contribution is 0.557. The van der Waals surface area contributed by atoms with Crippen molar-refractivity contribution in [1.82, 2.24) is 0 Å². The Bertz CT molecular complexity index is 967. The molecule has 120 valence electrons. The second kappa shape index (κ2) is 5.49. The van der Waals surface area contributed by atoms with Crippen LogP contribution in [0.2, 0.25) is 0 Å². The zero-order valence-corrected chi connectivity index (χ0v) is 13.9. The Morgan fingerprint density at radius 3 is 2.30 bits per heavy atom. The zero-order chi connectivity index (χ0) is 16.8. The molecule has 1 heterocycles. The molecule has 3 nitrogen and oxygen atoms in total. The number of aryl methyl sites for hydroxylation is 1. The lowest BCUT2D eigenvalue weighted by Gasteiger charge is -2.07. The monoisotopic (exact) mass is 332 g/mol. The fraction of sp³-hybridized carbons (Fsp3) is 0.222. The van der Waals surface area contributed by atoms with Crippen molar-refractivity contribution < 1.29 is 17.2 Å². The van der Waals surface area contributed by atoms with Gasteiger partial charge in [-0.3, -0.25) is 0 Å². The van der Waals surface area contributed by atoms with Crippen molar-refractivity contribution in [2.45, 2.75) is 36.5 Å². The van der Waals surface area contributed by atoms with Crippen LogP contribution in [0.5, 0.6) is 0 Å². The standard InChI is InChI=1S/C18H17FO3S/c1-11(2)13-4-9-17-16(10-13)18(12(3)22-17)23(20,21)15-7-5-14(19)6-8-15/h4-11H,1-3H3. The number of benzene rings is 2. The van der Waals surface area contributed by atoms with Crippen LogP contribution in [0.15, 0.2) is 56.7 Å². The third kappa shape index (κ3) is 2.65. The van der Waals surface area contributed by atoms with Crippen LogP contribution in [0.4, 0.5) is 4.39 Å². The Balaban J connectivity index is 2.27. The van der Waals surface area contributed by atoms with Crippen molar-refractivity contribution in [1.29, 1.82) is 0 Å². The summed E-state index contributed by atoms with van der Waals surface area (Å²) in [6.07, 6.45) is 0. The van der Waals surface area contributed by atoms with Gasteiger partial charge in [0.1, 0.15) is 22.1 Å². The van der Waals surface area contributed by atoms with Gasteiger partial charge in [-0.25, -0.2) is 12.8 Å². The Morgan fingerprint density at radius 2 is 1.70 bits per heavy atom. The fourth-order valence-electron chi connectivity index (χ4n) is 2.64.